The molecule has 3 aliphatic rings. The molecule has 0 fully saturated rings. The van der Waals surface area contributed by atoms with E-state index in [1.54, 1.807) is 24.3 Å². The molecule has 0 saturated carbocycles. The molecule has 8 heteroatoms. The SMILES string of the molecule is CCCCOc1ccc(S(=O)(=O)C2=C(/C=C/C3=[N+](CCO)c4ccc5ccccc5c4C3(C)C)CC/C2=C\C=C2\N(CCO)c3ccc4ccccc4c3C2(C)C)cc1. The molecule has 0 aromatic heterocycles. The van der Waals surface area contributed by atoms with Crippen LogP contribution in [0.25, 0.3) is 21.5 Å². The second-order valence-corrected chi connectivity index (χ2v) is 18.7. The summed E-state index contributed by atoms with van der Waals surface area (Å²) in [5.41, 5.74) is 7.20. The number of nitrogens with zero attached hydrogens (tertiary/aromatic N) is 2. The van der Waals surface area contributed by atoms with Gasteiger partial charge in [0.15, 0.2) is 12.3 Å². The topological polar surface area (TPSA) is 90.1 Å². The van der Waals surface area contributed by atoms with Gasteiger partial charge in [0.05, 0.1) is 28.4 Å². The molecule has 0 radical (unpaired) electrons. The zero-order chi connectivity index (χ0) is 41.5. The Labute approximate surface area is 348 Å². The minimum atomic E-state index is -3.98. The lowest BCUT2D eigenvalue weighted by atomic mass is 9.79. The summed E-state index contributed by atoms with van der Waals surface area (Å²) in [6.45, 7) is 12.3. The van der Waals surface area contributed by atoms with Gasteiger partial charge in [-0.1, -0.05) is 93.9 Å². The highest BCUT2D eigenvalue weighted by Crippen LogP contribution is 2.51. The van der Waals surface area contributed by atoms with Crippen molar-refractivity contribution < 1.29 is 27.9 Å². The zero-order valence-electron chi connectivity index (χ0n) is 34.8. The van der Waals surface area contributed by atoms with Gasteiger partial charge >= 0.3 is 0 Å². The monoisotopic (exact) mass is 807 g/mol. The molecule has 5 aromatic rings. The van der Waals surface area contributed by atoms with Gasteiger partial charge in [0, 0.05) is 41.1 Å². The average Bonchev–Trinajstić information content (AvgIpc) is 3.81. The summed E-state index contributed by atoms with van der Waals surface area (Å²) in [4.78, 5) is 2.73. The Morgan fingerprint density at radius 3 is 2.12 bits per heavy atom. The van der Waals surface area contributed by atoms with Crippen LogP contribution in [0, 0.1) is 0 Å². The van der Waals surface area contributed by atoms with E-state index in [4.69, 9.17) is 4.74 Å². The summed E-state index contributed by atoms with van der Waals surface area (Å²) in [5.74, 6) is 0.647. The molecule has 8 rings (SSSR count). The van der Waals surface area contributed by atoms with Gasteiger partial charge in [-0.25, -0.2) is 8.42 Å². The molecule has 2 heterocycles. The summed E-state index contributed by atoms with van der Waals surface area (Å²) >= 11 is 0. The van der Waals surface area contributed by atoms with Gasteiger partial charge in [0.25, 0.3) is 0 Å². The first-order valence-corrected chi connectivity index (χ1v) is 22.4. The number of rotatable bonds is 13. The van der Waals surface area contributed by atoms with E-state index in [-0.39, 0.29) is 18.1 Å². The molecule has 0 spiro atoms. The summed E-state index contributed by atoms with van der Waals surface area (Å²) in [6, 6.07) is 32.1. The standard InChI is InChI=1S/C51H55N2O5S/c1-6-7-34-58-39-22-24-40(25-23-39)59(56,57)49-37(20-28-45-50(2,3)47-41-14-10-8-12-35(41)18-26-43(47)52(45)30-32-54)16-17-38(49)21-29-46-51(4,5)48-42-15-11-9-13-36(42)19-27-44(48)53(46)31-33-55/h8-15,18-29,54-55H,6-7,16-17,30-34H2,1-5H3/q+1. The van der Waals surface area contributed by atoms with Crippen LogP contribution in [0.15, 0.2) is 148 Å². The number of sulfone groups is 1. The Morgan fingerprint density at radius 2 is 1.44 bits per heavy atom. The summed E-state index contributed by atoms with van der Waals surface area (Å²) in [5, 5.41) is 25.2. The Morgan fingerprint density at radius 1 is 0.763 bits per heavy atom. The van der Waals surface area contributed by atoms with Crippen LogP contribution in [0.2, 0.25) is 0 Å². The molecule has 1 aliphatic carbocycles. The van der Waals surface area contributed by atoms with Crippen molar-refractivity contribution in [2.45, 2.75) is 76.0 Å². The zero-order valence-corrected chi connectivity index (χ0v) is 35.6. The van der Waals surface area contributed by atoms with E-state index < -0.39 is 20.7 Å². The van der Waals surface area contributed by atoms with Crippen LogP contribution < -0.4 is 9.64 Å². The molecule has 0 bridgehead atoms. The van der Waals surface area contributed by atoms with Crippen molar-refractivity contribution >= 4 is 48.5 Å². The van der Waals surface area contributed by atoms with Crippen molar-refractivity contribution in [2.24, 2.45) is 0 Å². The van der Waals surface area contributed by atoms with Crippen molar-refractivity contribution in [3.63, 3.8) is 0 Å². The quantitative estimate of drug-likeness (QED) is 0.0910. The number of unbranched alkanes of at least 4 members (excludes halogenated alkanes) is 1. The molecule has 0 saturated heterocycles. The molecule has 0 unspecified atom stereocenters. The molecule has 2 N–H and O–H groups in total. The van der Waals surface area contributed by atoms with Crippen LogP contribution in [0.4, 0.5) is 11.4 Å². The number of aliphatic hydroxyl groups excluding tert-OH is 2. The van der Waals surface area contributed by atoms with Crippen LogP contribution in [0.5, 0.6) is 5.75 Å². The second-order valence-electron chi connectivity index (χ2n) is 16.9. The lowest BCUT2D eigenvalue weighted by Gasteiger charge is -2.26. The molecule has 304 valence electrons. The van der Waals surface area contributed by atoms with Gasteiger partial charge in [-0.2, -0.15) is 4.58 Å². The van der Waals surface area contributed by atoms with Gasteiger partial charge in [0.2, 0.25) is 15.5 Å². The maximum Gasteiger partial charge on any atom is 0.210 e. The van der Waals surface area contributed by atoms with Gasteiger partial charge in [0.1, 0.15) is 12.4 Å². The number of aliphatic hydroxyl groups is 2. The Bertz CT molecular complexity index is 2720. The van der Waals surface area contributed by atoms with E-state index in [9.17, 15) is 18.6 Å². The fourth-order valence-electron chi connectivity index (χ4n) is 9.64. The van der Waals surface area contributed by atoms with Crippen molar-refractivity contribution in [3.05, 3.63) is 154 Å². The molecule has 5 aromatic carbocycles. The summed E-state index contributed by atoms with van der Waals surface area (Å²) < 4.78 is 38.0. The number of hydrogen-bond acceptors (Lipinski definition) is 6. The normalized spacial score (nSPS) is 18.7. The smallest absolute Gasteiger partial charge is 0.210 e. The number of anilines is 1. The fourth-order valence-corrected chi connectivity index (χ4v) is 11.4. The molecular formula is C51H55N2O5S+. The van der Waals surface area contributed by atoms with E-state index in [1.807, 2.05) is 24.3 Å². The summed E-state index contributed by atoms with van der Waals surface area (Å²) in [7, 11) is -3.98. The third kappa shape index (κ3) is 7.05. The summed E-state index contributed by atoms with van der Waals surface area (Å²) in [6.07, 6.45) is 11.2. The van der Waals surface area contributed by atoms with E-state index in [1.165, 1.54) is 21.9 Å². The second kappa shape index (κ2) is 16.1. The predicted octanol–water partition coefficient (Wildman–Crippen LogP) is 10.2. The number of benzene rings is 5. The van der Waals surface area contributed by atoms with Gasteiger partial charge < -0.3 is 19.8 Å². The largest absolute Gasteiger partial charge is 0.494 e. The first-order chi connectivity index (χ1) is 28.4. The lowest BCUT2D eigenvalue weighted by molar-refractivity contribution is -0.440. The van der Waals surface area contributed by atoms with Crippen LogP contribution >= 0.6 is 0 Å². The first-order valence-electron chi connectivity index (χ1n) is 20.9. The van der Waals surface area contributed by atoms with Gasteiger partial charge in [-0.3, -0.25) is 0 Å². The van der Waals surface area contributed by atoms with E-state index >= 15 is 0 Å². The number of hydrogen-bond donors (Lipinski definition) is 2. The Kier molecular flexibility index (Phi) is 11.0. The molecule has 7 nitrogen and oxygen atoms in total. The van der Waals surface area contributed by atoms with Crippen LogP contribution in [-0.2, 0) is 20.7 Å². The van der Waals surface area contributed by atoms with E-state index in [0.29, 0.717) is 43.2 Å². The highest BCUT2D eigenvalue weighted by atomic mass is 32.2. The van der Waals surface area contributed by atoms with Gasteiger partial charge in [-0.05, 0) is 114 Å². The van der Waals surface area contributed by atoms with Crippen molar-refractivity contribution in [3.8, 4) is 5.75 Å². The van der Waals surface area contributed by atoms with E-state index in [0.717, 1.165) is 57.5 Å². The van der Waals surface area contributed by atoms with E-state index in [2.05, 4.69) is 117 Å². The minimum Gasteiger partial charge on any atom is -0.494 e. The highest BCUT2D eigenvalue weighted by molar-refractivity contribution is 7.95. The third-order valence-corrected chi connectivity index (χ3v) is 14.4. The van der Waals surface area contributed by atoms with Crippen molar-refractivity contribution in [1.82, 2.24) is 0 Å². The van der Waals surface area contributed by atoms with Crippen LogP contribution in [0.3, 0.4) is 0 Å². The number of ether oxygens (including phenoxy) is 1. The van der Waals surface area contributed by atoms with Crippen molar-refractivity contribution in [1.29, 1.82) is 0 Å². The number of β-amino-alcohol motifs (C(OH)–C–C–N with tert-alkyl or cyclic N) is 2. The Balaban J connectivity index is 1.25. The third-order valence-electron chi connectivity index (χ3n) is 12.5. The van der Waals surface area contributed by atoms with Crippen LogP contribution in [-0.4, -0.2) is 61.8 Å². The maximum atomic E-state index is 15.0. The predicted molar refractivity (Wildman–Crippen MR) is 241 cm³/mol. The highest BCUT2D eigenvalue weighted by Gasteiger charge is 2.46. The van der Waals surface area contributed by atoms with Gasteiger partial charge in [-0.15, -0.1) is 0 Å². The number of allylic oxidation sites excluding steroid dienone is 7. The molecule has 0 atom stereocenters. The molecule has 0 amide bonds. The van der Waals surface area contributed by atoms with Crippen molar-refractivity contribution in [2.75, 3.05) is 37.8 Å². The molecular weight excluding hydrogens is 753 g/mol. The number of fused-ring (bicyclic) bond motifs is 6. The minimum absolute atomic E-state index is 0.0228. The maximum absolute atomic E-state index is 15.0. The Hall–Kier alpha value is -5.28. The van der Waals surface area contributed by atoms with Crippen LogP contribution in [0.1, 0.15) is 71.4 Å². The molecule has 2 aliphatic heterocycles. The average molecular weight is 808 g/mol. The molecule has 59 heavy (non-hydrogen) atoms. The fraction of sp³-hybridized carbons (Fsp3) is 0.314. The first kappa shape index (κ1) is 40.5. The lowest BCUT2D eigenvalue weighted by Crippen LogP contribution is -2.28.